The zero-order valence-electron chi connectivity index (χ0n) is 17.1. The Bertz CT molecular complexity index is 919. The first-order chi connectivity index (χ1) is 14.6. The Morgan fingerprint density at radius 3 is 2.70 bits per heavy atom. The summed E-state index contributed by atoms with van der Waals surface area (Å²) in [6.07, 6.45) is 2.83. The summed E-state index contributed by atoms with van der Waals surface area (Å²) in [6.45, 7) is 7.53. The van der Waals surface area contributed by atoms with Gasteiger partial charge in [-0.1, -0.05) is 18.2 Å². The number of benzene rings is 1. The number of hydrogen-bond donors (Lipinski definition) is 1. The Morgan fingerprint density at radius 2 is 2.00 bits per heavy atom. The van der Waals surface area contributed by atoms with Gasteiger partial charge in [0.2, 0.25) is 11.2 Å². The Balaban J connectivity index is 1.51. The van der Waals surface area contributed by atoms with Crippen molar-refractivity contribution in [2.45, 2.75) is 6.54 Å². The number of nitrogens with one attached hydrogen (secondary N) is 1. The molecule has 0 radical (unpaired) electrons. The topological polar surface area (TPSA) is 84.2 Å². The van der Waals surface area contributed by atoms with Crippen molar-refractivity contribution in [3.05, 3.63) is 65.2 Å². The van der Waals surface area contributed by atoms with Gasteiger partial charge in [-0.25, -0.2) is 0 Å². The highest BCUT2D eigenvalue weighted by atomic mass is 16.5. The third kappa shape index (κ3) is 5.64. The predicted octanol–water partition coefficient (Wildman–Crippen LogP) is 1.65. The molecule has 30 heavy (non-hydrogen) atoms. The molecule has 1 aliphatic heterocycles. The number of hydrogen-bond acceptors (Lipinski definition) is 7. The summed E-state index contributed by atoms with van der Waals surface area (Å²) in [6, 6.07) is 9.41. The monoisotopic (exact) mass is 413 g/mol. The van der Waals surface area contributed by atoms with Crippen LogP contribution in [0.15, 0.2) is 58.5 Å². The van der Waals surface area contributed by atoms with E-state index in [1.54, 1.807) is 13.2 Å². The number of methoxy groups -OCH3 is 1. The molecule has 8 heteroatoms. The molecule has 2 heterocycles. The van der Waals surface area contributed by atoms with Crippen LogP contribution in [0, 0.1) is 0 Å². The highest BCUT2D eigenvalue weighted by Crippen LogP contribution is 2.28. The Labute approximate surface area is 175 Å². The molecule has 0 aliphatic carbocycles. The van der Waals surface area contributed by atoms with Gasteiger partial charge < -0.3 is 24.1 Å². The lowest BCUT2D eigenvalue weighted by Gasteiger charge is -2.36. The SMILES string of the molecule is C=CCNC(=O)COc1coc(CN2CCN(c3ccccc3OC)CC2)cc1=O. The van der Waals surface area contributed by atoms with E-state index in [9.17, 15) is 9.59 Å². The fourth-order valence-electron chi connectivity index (χ4n) is 3.27. The van der Waals surface area contributed by atoms with Crippen LogP contribution in [-0.4, -0.2) is 57.2 Å². The maximum Gasteiger partial charge on any atom is 0.258 e. The van der Waals surface area contributed by atoms with Crippen molar-refractivity contribution < 1.29 is 18.7 Å². The third-order valence-corrected chi connectivity index (χ3v) is 4.83. The number of rotatable bonds is 9. The second-order valence-electron chi connectivity index (χ2n) is 6.89. The van der Waals surface area contributed by atoms with E-state index in [1.165, 1.54) is 12.3 Å². The zero-order chi connectivity index (χ0) is 21.3. The van der Waals surface area contributed by atoms with E-state index in [-0.39, 0.29) is 23.7 Å². The summed E-state index contributed by atoms with van der Waals surface area (Å²) in [5.41, 5.74) is 0.783. The molecule has 2 aromatic rings. The lowest BCUT2D eigenvalue weighted by molar-refractivity contribution is -0.122. The van der Waals surface area contributed by atoms with Gasteiger partial charge >= 0.3 is 0 Å². The first kappa shape index (κ1) is 21.4. The molecule has 0 bridgehead atoms. The second-order valence-corrected chi connectivity index (χ2v) is 6.89. The average molecular weight is 413 g/mol. The molecule has 1 aromatic heterocycles. The minimum absolute atomic E-state index is 0.0218. The largest absolute Gasteiger partial charge is 0.495 e. The molecule has 0 atom stereocenters. The fourth-order valence-corrected chi connectivity index (χ4v) is 3.27. The molecule has 1 saturated heterocycles. The summed E-state index contributed by atoms with van der Waals surface area (Å²) in [5, 5.41) is 2.58. The number of amides is 1. The van der Waals surface area contributed by atoms with E-state index in [0.29, 0.717) is 18.8 Å². The van der Waals surface area contributed by atoms with Crippen molar-refractivity contribution >= 4 is 11.6 Å². The second kappa shape index (κ2) is 10.5. The summed E-state index contributed by atoms with van der Waals surface area (Å²) in [4.78, 5) is 28.3. The number of piperazine rings is 1. The summed E-state index contributed by atoms with van der Waals surface area (Å²) >= 11 is 0. The molecule has 1 aromatic carbocycles. The van der Waals surface area contributed by atoms with Crippen LogP contribution in [0.5, 0.6) is 11.5 Å². The molecule has 1 N–H and O–H groups in total. The van der Waals surface area contributed by atoms with E-state index in [0.717, 1.165) is 37.6 Å². The normalized spacial score (nSPS) is 14.2. The molecular weight excluding hydrogens is 386 g/mol. The van der Waals surface area contributed by atoms with Gasteiger partial charge in [-0.05, 0) is 12.1 Å². The van der Waals surface area contributed by atoms with Gasteiger partial charge in [0, 0.05) is 38.8 Å². The maximum atomic E-state index is 12.2. The van der Waals surface area contributed by atoms with Gasteiger partial charge in [0.15, 0.2) is 6.61 Å². The Morgan fingerprint density at radius 1 is 1.23 bits per heavy atom. The van der Waals surface area contributed by atoms with Gasteiger partial charge in [-0.3, -0.25) is 14.5 Å². The molecule has 160 valence electrons. The standard InChI is InChI=1S/C22H27N3O5/c1-3-8-23-22(27)16-30-21-15-29-17(13-19(21)26)14-24-9-11-25(12-10-24)18-6-4-5-7-20(18)28-2/h3-7,13,15H,1,8-12,14,16H2,2H3,(H,23,27). The molecule has 3 rings (SSSR count). The van der Waals surface area contributed by atoms with Crippen LogP contribution in [0.3, 0.4) is 0 Å². The highest BCUT2D eigenvalue weighted by Gasteiger charge is 2.20. The van der Waals surface area contributed by atoms with E-state index in [1.807, 2.05) is 18.2 Å². The molecule has 1 fully saturated rings. The number of anilines is 1. The molecule has 8 nitrogen and oxygen atoms in total. The van der Waals surface area contributed by atoms with Crippen LogP contribution in [-0.2, 0) is 11.3 Å². The number of carbonyl (C=O) groups is 1. The lowest BCUT2D eigenvalue weighted by atomic mass is 10.2. The number of carbonyl (C=O) groups excluding carboxylic acids is 1. The highest BCUT2D eigenvalue weighted by molar-refractivity contribution is 5.77. The predicted molar refractivity (Wildman–Crippen MR) is 114 cm³/mol. The fraction of sp³-hybridized carbons (Fsp3) is 0.364. The van der Waals surface area contributed by atoms with Gasteiger partial charge in [0.1, 0.15) is 17.8 Å². The third-order valence-electron chi connectivity index (χ3n) is 4.83. The van der Waals surface area contributed by atoms with Crippen LogP contribution in [0.25, 0.3) is 0 Å². The maximum absolute atomic E-state index is 12.2. The summed E-state index contributed by atoms with van der Waals surface area (Å²) < 4.78 is 16.2. The van der Waals surface area contributed by atoms with Crippen LogP contribution in [0.4, 0.5) is 5.69 Å². The van der Waals surface area contributed by atoms with Crippen molar-refractivity contribution in [2.24, 2.45) is 0 Å². The van der Waals surface area contributed by atoms with Crippen molar-refractivity contribution in [3.63, 3.8) is 0 Å². The molecule has 1 amide bonds. The molecule has 0 spiro atoms. The van der Waals surface area contributed by atoms with E-state index < -0.39 is 0 Å². The molecule has 1 aliphatic rings. The minimum Gasteiger partial charge on any atom is -0.495 e. The van der Waals surface area contributed by atoms with Crippen molar-refractivity contribution in [1.82, 2.24) is 10.2 Å². The van der Waals surface area contributed by atoms with Crippen LogP contribution < -0.4 is 25.1 Å². The minimum atomic E-state index is -0.328. The number of para-hydroxylation sites is 2. The molecule has 0 unspecified atom stereocenters. The van der Waals surface area contributed by atoms with Gasteiger partial charge in [0.05, 0.1) is 19.3 Å². The van der Waals surface area contributed by atoms with Crippen LogP contribution >= 0.6 is 0 Å². The van der Waals surface area contributed by atoms with Crippen molar-refractivity contribution in [2.75, 3.05) is 51.3 Å². The Hall–Kier alpha value is -3.26. The van der Waals surface area contributed by atoms with E-state index in [2.05, 4.69) is 27.8 Å². The van der Waals surface area contributed by atoms with Crippen molar-refractivity contribution in [3.8, 4) is 11.5 Å². The first-order valence-corrected chi connectivity index (χ1v) is 9.83. The zero-order valence-corrected chi connectivity index (χ0v) is 17.1. The summed E-state index contributed by atoms with van der Waals surface area (Å²) in [7, 11) is 1.68. The first-order valence-electron chi connectivity index (χ1n) is 9.83. The van der Waals surface area contributed by atoms with E-state index >= 15 is 0 Å². The van der Waals surface area contributed by atoms with Crippen LogP contribution in [0.1, 0.15) is 5.76 Å². The summed E-state index contributed by atoms with van der Waals surface area (Å²) in [5.74, 6) is 1.12. The smallest absolute Gasteiger partial charge is 0.258 e. The molecular formula is C22H27N3O5. The van der Waals surface area contributed by atoms with Crippen molar-refractivity contribution in [1.29, 1.82) is 0 Å². The van der Waals surface area contributed by atoms with Gasteiger partial charge in [-0.2, -0.15) is 0 Å². The number of nitrogens with zero attached hydrogens (tertiary/aromatic N) is 2. The quantitative estimate of drug-likeness (QED) is 0.626. The van der Waals surface area contributed by atoms with Gasteiger partial charge in [0.25, 0.3) is 5.91 Å². The lowest BCUT2D eigenvalue weighted by Crippen LogP contribution is -2.46. The van der Waals surface area contributed by atoms with E-state index in [4.69, 9.17) is 13.9 Å². The van der Waals surface area contributed by atoms with Crippen LogP contribution in [0.2, 0.25) is 0 Å². The van der Waals surface area contributed by atoms with Gasteiger partial charge in [-0.15, -0.1) is 6.58 Å². The molecule has 0 saturated carbocycles. The average Bonchev–Trinajstić information content (AvgIpc) is 2.77. The number of ether oxygens (including phenoxy) is 2. The Kier molecular flexibility index (Phi) is 7.51.